The highest BCUT2D eigenvalue weighted by atomic mass is 35.5. The molecule has 204 valence electrons. The lowest BCUT2D eigenvalue weighted by Crippen LogP contribution is -2.42. The van der Waals surface area contributed by atoms with Crippen molar-refractivity contribution in [1.82, 2.24) is 10.2 Å². The maximum Gasteiger partial charge on any atom is 0.234 e. The highest BCUT2D eigenvalue weighted by Crippen LogP contribution is 2.50. The predicted octanol–water partition coefficient (Wildman–Crippen LogP) is 6.17. The highest BCUT2D eigenvalue weighted by Gasteiger charge is 2.45. The fourth-order valence-corrected chi connectivity index (χ4v) is 6.92. The number of nitriles is 1. The van der Waals surface area contributed by atoms with E-state index in [0.717, 1.165) is 22.5 Å². The molecular formula is C29H27ClN6O2S2. The number of Topliss-reactive ketones (excluding diaryl/α,β-unsaturated/α-hetero) is 1. The van der Waals surface area contributed by atoms with Crippen molar-refractivity contribution < 1.29 is 9.59 Å². The maximum absolute atomic E-state index is 13.6. The number of anilines is 2. The molecule has 0 fully saturated rings. The number of halogens is 1. The topological polar surface area (TPSA) is 125 Å². The van der Waals surface area contributed by atoms with E-state index in [-0.39, 0.29) is 34.3 Å². The summed E-state index contributed by atoms with van der Waals surface area (Å²) in [6.07, 6.45) is 0.925. The minimum atomic E-state index is -0.593. The number of benzene rings is 2. The van der Waals surface area contributed by atoms with Gasteiger partial charge in [0.25, 0.3) is 0 Å². The molecule has 0 radical (unpaired) electrons. The molecule has 2 heterocycles. The second kappa shape index (κ2) is 11.1. The van der Waals surface area contributed by atoms with Crippen molar-refractivity contribution in [1.29, 1.82) is 5.26 Å². The first kappa shape index (κ1) is 27.9. The summed E-state index contributed by atoms with van der Waals surface area (Å²) in [5.41, 5.74) is 10.5. The van der Waals surface area contributed by atoms with Gasteiger partial charge in [0, 0.05) is 28.4 Å². The van der Waals surface area contributed by atoms with Crippen LogP contribution in [0.4, 0.5) is 10.8 Å². The Morgan fingerprint density at radius 3 is 2.70 bits per heavy atom. The number of aromatic nitrogens is 2. The summed E-state index contributed by atoms with van der Waals surface area (Å²) in [5, 5.41) is 22.8. The van der Waals surface area contributed by atoms with Crippen LogP contribution < -0.4 is 16.0 Å². The summed E-state index contributed by atoms with van der Waals surface area (Å²) >= 11 is 8.65. The number of nitrogens with zero attached hydrogens (tertiary/aromatic N) is 4. The lowest BCUT2D eigenvalue weighted by Gasteiger charge is -2.42. The number of carbonyl (C=O) groups is 2. The molecule has 5 rings (SSSR count). The van der Waals surface area contributed by atoms with E-state index in [2.05, 4.69) is 21.6 Å². The first-order valence-corrected chi connectivity index (χ1v) is 14.8. The van der Waals surface area contributed by atoms with Crippen molar-refractivity contribution >= 4 is 57.2 Å². The van der Waals surface area contributed by atoms with Gasteiger partial charge in [0.15, 0.2) is 10.1 Å². The van der Waals surface area contributed by atoms with Crippen molar-refractivity contribution in [3.63, 3.8) is 0 Å². The van der Waals surface area contributed by atoms with Gasteiger partial charge in [0.2, 0.25) is 11.0 Å². The average molecular weight is 591 g/mol. The fraction of sp³-hybridized carbons (Fsp3) is 0.276. The van der Waals surface area contributed by atoms with E-state index < -0.39 is 5.92 Å². The lowest BCUT2D eigenvalue weighted by molar-refractivity contribution is -0.118. The van der Waals surface area contributed by atoms with Crippen LogP contribution in [0.25, 0.3) is 0 Å². The number of nitrogens with one attached hydrogen (secondary N) is 1. The van der Waals surface area contributed by atoms with Crippen molar-refractivity contribution in [3.8, 4) is 6.07 Å². The van der Waals surface area contributed by atoms with E-state index in [1.807, 2.05) is 57.2 Å². The van der Waals surface area contributed by atoms with Gasteiger partial charge in [-0.15, -0.1) is 10.2 Å². The van der Waals surface area contributed by atoms with E-state index in [4.69, 9.17) is 17.3 Å². The second-order valence-corrected chi connectivity index (χ2v) is 13.2. The summed E-state index contributed by atoms with van der Waals surface area (Å²) in [5.74, 6) is -0.411. The number of rotatable bonds is 6. The third-order valence-corrected chi connectivity index (χ3v) is 9.09. The third-order valence-electron chi connectivity index (χ3n) is 6.80. The van der Waals surface area contributed by atoms with Gasteiger partial charge in [0.05, 0.1) is 23.3 Å². The van der Waals surface area contributed by atoms with E-state index in [9.17, 15) is 14.9 Å². The first-order chi connectivity index (χ1) is 19.1. The summed E-state index contributed by atoms with van der Waals surface area (Å²) in [6, 6.07) is 17.0. The Hall–Kier alpha value is -3.65. The molecule has 0 bridgehead atoms. The molecular weight excluding hydrogens is 564 g/mol. The number of amides is 1. The van der Waals surface area contributed by atoms with E-state index in [1.165, 1.54) is 23.1 Å². The minimum Gasteiger partial charge on any atom is -0.384 e. The van der Waals surface area contributed by atoms with Crippen molar-refractivity contribution in [2.45, 2.75) is 43.9 Å². The molecule has 0 saturated heterocycles. The largest absolute Gasteiger partial charge is 0.384 e. The number of carbonyl (C=O) groups excluding carboxylic acids is 2. The Kier molecular flexibility index (Phi) is 7.73. The van der Waals surface area contributed by atoms with Gasteiger partial charge >= 0.3 is 0 Å². The fourth-order valence-electron chi connectivity index (χ4n) is 5.11. The predicted molar refractivity (Wildman–Crippen MR) is 159 cm³/mol. The molecule has 1 amide bonds. The van der Waals surface area contributed by atoms with Gasteiger partial charge in [-0.25, -0.2) is 0 Å². The molecule has 1 aliphatic heterocycles. The molecule has 0 saturated carbocycles. The van der Waals surface area contributed by atoms with Crippen LogP contribution in [0, 0.1) is 23.7 Å². The van der Waals surface area contributed by atoms with Crippen LogP contribution in [0.15, 0.2) is 75.5 Å². The van der Waals surface area contributed by atoms with Crippen molar-refractivity contribution in [2.75, 3.05) is 16.0 Å². The summed E-state index contributed by atoms with van der Waals surface area (Å²) in [7, 11) is 0. The highest BCUT2D eigenvalue weighted by molar-refractivity contribution is 8.01. The molecule has 1 atom stereocenters. The Bertz CT molecular complexity index is 1600. The van der Waals surface area contributed by atoms with Crippen LogP contribution in [-0.2, 0) is 9.59 Å². The number of allylic oxidation sites excluding steroid dienone is 3. The number of ketones is 1. The summed E-state index contributed by atoms with van der Waals surface area (Å²) in [4.78, 5) is 27.9. The van der Waals surface area contributed by atoms with Crippen LogP contribution >= 0.6 is 34.7 Å². The Morgan fingerprint density at radius 1 is 1.25 bits per heavy atom. The zero-order chi connectivity index (χ0) is 28.6. The molecule has 2 aliphatic rings. The van der Waals surface area contributed by atoms with Gasteiger partial charge in [-0.05, 0) is 54.2 Å². The zero-order valence-corrected chi connectivity index (χ0v) is 24.6. The molecule has 3 N–H and O–H groups in total. The molecule has 2 aromatic carbocycles. The van der Waals surface area contributed by atoms with Crippen LogP contribution in [0.2, 0.25) is 5.02 Å². The quantitative estimate of drug-likeness (QED) is 0.326. The van der Waals surface area contributed by atoms with Crippen LogP contribution in [-0.4, -0.2) is 27.6 Å². The molecule has 3 aromatic rings. The van der Waals surface area contributed by atoms with Gasteiger partial charge in [-0.2, -0.15) is 5.26 Å². The Balaban J connectivity index is 1.46. The average Bonchev–Trinajstić information content (AvgIpc) is 3.35. The molecule has 11 heteroatoms. The first-order valence-electron chi connectivity index (χ1n) is 12.6. The molecule has 1 unspecified atom stereocenters. The van der Waals surface area contributed by atoms with E-state index in [1.54, 1.807) is 17.0 Å². The maximum atomic E-state index is 13.6. The lowest BCUT2D eigenvalue weighted by atomic mass is 9.69. The van der Waals surface area contributed by atoms with Gasteiger partial charge in [0.1, 0.15) is 5.82 Å². The number of thioether (sulfide) groups is 1. The van der Waals surface area contributed by atoms with Crippen molar-refractivity contribution in [3.05, 3.63) is 87.3 Å². The Labute approximate surface area is 245 Å². The van der Waals surface area contributed by atoms with E-state index >= 15 is 0 Å². The second-order valence-electron chi connectivity index (χ2n) is 10.6. The summed E-state index contributed by atoms with van der Waals surface area (Å²) < 4.78 is 0.573. The number of nitrogens with two attached hydrogens (primary N) is 1. The standard InChI is InChI=1S/C29H27ClN6O2S2/c1-16-5-4-6-19(11-16)33-23(38)15-39-28-35-34-27(40-28)36-21-12-29(2,3)13-22(37)25(21)24(20(14-31)26(36)32)17-7-9-18(30)10-8-17/h4-11,24H,12-13,15,32H2,1-3H3,(H,33,38). The molecule has 8 nitrogen and oxygen atoms in total. The normalized spacial score (nSPS) is 18.4. The van der Waals surface area contributed by atoms with E-state index in [0.29, 0.717) is 32.9 Å². The van der Waals surface area contributed by atoms with Crippen LogP contribution in [0.1, 0.15) is 43.7 Å². The van der Waals surface area contributed by atoms with Crippen LogP contribution in [0.5, 0.6) is 0 Å². The SMILES string of the molecule is Cc1cccc(NC(=O)CSc2nnc(N3C(N)=C(C#N)C(c4ccc(Cl)cc4)C4=C3CC(C)(C)CC4=O)s2)c1. The van der Waals surface area contributed by atoms with Gasteiger partial charge in [-0.3, -0.25) is 14.5 Å². The number of hydrogen-bond donors (Lipinski definition) is 2. The smallest absolute Gasteiger partial charge is 0.234 e. The van der Waals surface area contributed by atoms with Crippen LogP contribution in [0.3, 0.4) is 0 Å². The zero-order valence-electron chi connectivity index (χ0n) is 22.2. The Morgan fingerprint density at radius 2 is 2.00 bits per heavy atom. The third kappa shape index (κ3) is 5.63. The van der Waals surface area contributed by atoms with Gasteiger partial charge < -0.3 is 11.1 Å². The number of aryl methyl sites for hydroxylation is 1. The summed E-state index contributed by atoms with van der Waals surface area (Å²) in [6.45, 7) is 6.04. The van der Waals surface area contributed by atoms with Crippen molar-refractivity contribution in [2.24, 2.45) is 11.1 Å². The molecule has 1 aliphatic carbocycles. The number of hydrogen-bond acceptors (Lipinski definition) is 9. The molecule has 1 aromatic heterocycles. The molecule has 0 spiro atoms. The monoisotopic (exact) mass is 590 g/mol. The van der Waals surface area contributed by atoms with Gasteiger partial charge in [-0.1, -0.05) is 72.8 Å². The molecule has 40 heavy (non-hydrogen) atoms. The minimum absolute atomic E-state index is 0.0246.